The third-order valence-electron chi connectivity index (χ3n) is 4.91. The van der Waals surface area contributed by atoms with E-state index in [0.717, 1.165) is 5.56 Å². The second-order valence-corrected chi connectivity index (χ2v) is 10.3. The van der Waals surface area contributed by atoms with Crippen LogP contribution in [0.25, 0.3) is 0 Å². The standard InChI is InChI=1S/C20H19FN2O4S2/c1-27-14-8-6-13(7-9-14)10-19(24)22-20-23(16-5-3-2-4-15(16)21)17-11-29(25,26)12-18(17)28-20/h2-9,17-18H,10-12H2,1H3. The summed E-state index contributed by atoms with van der Waals surface area (Å²) in [6.45, 7) is 0. The fourth-order valence-electron chi connectivity index (χ4n) is 3.56. The summed E-state index contributed by atoms with van der Waals surface area (Å²) in [5, 5.41) is 0.0747. The Kier molecular flexibility index (Phi) is 5.35. The van der Waals surface area contributed by atoms with E-state index >= 15 is 0 Å². The Morgan fingerprint density at radius 1 is 1.21 bits per heavy atom. The molecule has 2 aliphatic rings. The number of para-hydroxylation sites is 1. The maximum absolute atomic E-state index is 14.5. The van der Waals surface area contributed by atoms with E-state index < -0.39 is 21.7 Å². The number of aliphatic imine (C=N–C) groups is 1. The first-order valence-electron chi connectivity index (χ1n) is 9.01. The molecule has 0 saturated carbocycles. The summed E-state index contributed by atoms with van der Waals surface area (Å²) in [6.07, 6.45) is 0.0901. The number of benzene rings is 2. The first-order valence-corrected chi connectivity index (χ1v) is 11.7. The van der Waals surface area contributed by atoms with Crippen LogP contribution in [0.15, 0.2) is 53.5 Å². The van der Waals surface area contributed by atoms with Crippen LogP contribution < -0.4 is 9.64 Å². The molecule has 0 spiro atoms. The van der Waals surface area contributed by atoms with Gasteiger partial charge in [0.2, 0.25) is 0 Å². The molecule has 2 heterocycles. The molecule has 2 saturated heterocycles. The van der Waals surface area contributed by atoms with Gasteiger partial charge in [0.15, 0.2) is 15.0 Å². The fourth-order valence-corrected chi connectivity index (χ4v) is 7.48. The summed E-state index contributed by atoms with van der Waals surface area (Å²) in [6, 6.07) is 12.8. The summed E-state index contributed by atoms with van der Waals surface area (Å²) >= 11 is 1.23. The van der Waals surface area contributed by atoms with Crippen LogP contribution in [0, 0.1) is 5.82 Å². The molecule has 0 aliphatic carbocycles. The van der Waals surface area contributed by atoms with Crippen molar-refractivity contribution in [2.45, 2.75) is 17.7 Å². The van der Waals surface area contributed by atoms with Crippen LogP contribution in [0.2, 0.25) is 0 Å². The lowest BCUT2D eigenvalue weighted by Gasteiger charge is -2.24. The topological polar surface area (TPSA) is 76.0 Å². The second kappa shape index (κ2) is 7.79. The maximum Gasteiger partial charge on any atom is 0.252 e. The van der Waals surface area contributed by atoms with E-state index in [4.69, 9.17) is 4.74 Å². The molecule has 0 N–H and O–H groups in total. The first-order chi connectivity index (χ1) is 13.9. The zero-order valence-corrected chi connectivity index (χ0v) is 17.2. The Morgan fingerprint density at radius 2 is 1.93 bits per heavy atom. The normalized spacial score (nSPS) is 23.9. The van der Waals surface area contributed by atoms with E-state index in [-0.39, 0.29) is 34.8 Å². The number of carbonyl (C=O) groups is 1. The average molecular weight is 435 g/mol. The third-order valence-corrected chi connectivity index (χ3v) is 8.12. The quantitative estimate of drug-likeness (QED) is 0.737. The molecule has 29 heavy (non-hydrogen) atoms. The molecule has 2 aromatic rings. The molecule has 0 radical (unpaired) electrons. The van der Waals surface area contributed by atoms with Crippen LogP contribution in [-0.2, 0) is 21.1 Å². The summed E-state index contributed by atoms with van der Waals surface area (Å²) in [5.74, 6) is -0.238. The average Bonchev–Trinajstić information content (AvgIpc) is 3.13. The number of hydrogen-bond donors (Lipinski definition) is 0. The molecule has 2 unspecified atom stereocenters. The molecule has 2 atom stereocenters. The number of fused-ring (bicyclic) bond motifs is 1. The van der Waals surface area contributed by atoms with Crippen LogP contribution in [0.3, 0.4) is 0 Å². The molecule has 4 rings (SSSR count). The van der Waals surface area contributed by atoms with Gasteiger partial charge in [-0.25, -0.2) is 12.8 Å². The molecule has 2 fully saturated rings. The Morgan fingerprint density at radius 3 is 2.62 bits per heavy atom. The second-order valence-electron chi connectivity index (χ2n) is 6.93. The number of amides is 1. The van der Waals surface area contributed by atoms with Crippen molar-refractivity contribution in [2.24, 2.45) is 4.99 Å². The van der Waals surface area contributed by atoms with E-state index in [9.17, 15) is 17.6 Å². The number of anilines is 1. The molecule has 1 amide bonds. The number of rotatable bonds is 4. The van der Waals surface area contributed by atoms with Crippen molar-refractivity contribution in [3.05, 3.63) is 59.9 Å². The monoisotopic (exact) mass is 434 g/mol. The largest absolute Gasteiger partial charge is 0.497 e. The number of methoxy groups -OCH3 is 1. The summed E-state index contributed by atoms with van der Waals surface area (Å²) in [5.41, 5.74) is 1.02. The minimum atomic E-state index is -3.20. The molecule has 152 valence electrons. The minimum Gasteiger partial charge on any atom is -0.497 e. The van der Waals surface area contributed by atoms with E-state index in [1.54, 1.807) is 54.5 Å². The zero-order valence-electron chi connectivity index (χ0n) is 15.6. The number of carbonyl (C=O) groups excluding carboxylic acids is 1. The van der Waals surface area contributed by atoms with E-state index in [1.165, 1.54) is 17.8 Å². The van der Waals surface area contributed by atoms with E-state index in [2.05, 4.69) is 4.99 Å². The highest BCUT2D eigenvalue weighted by molar-refractivity contribution is 8.16. The van der Waals surface area contributed by atoms with Gasteiger partial charge in [0, 0.05) is 5.25 Å². The van der Waals surface area contributed by atoms with Crippen molar-refractivity contribution in [2.75, 3.05) is 23.5 Å². The number of sulfone groups is 1. The van der Waals surface area contributed by atoms with Gasteiger partial charge in [0.1, 0.15) is 11.6 Å². The number of halogens is 1. The molecule has 0 aromatic heterocycles. The highest BCUT2D eigenvalue weighted by atomic mass is 32.2. The van der Waals surface area contributed by atoms with Gasteiger partial charge in [-0.15, -0.1) is 0 Å². The highest BCUT2D eigenvalue weighted by Gasteiger charge is 2.49. The summed E-state index contributed by atoms with van der Waals surface area (Å²) in [7, 11) is -1.64. The SMILES string of the molecule is COc1ccc(CC(=O)N=C2SC3CS(=O)(=O)CC3N2c2ccccc2F)cc1. The Bertz CT molecular complexity index is 1070. The molecule has 2 aliphatic heterocycles. The van der Waals surface area contributed by atoms with Crippen LogP contribution >= 0.6 is 11.8 Å². The van der Waals surface area contributed by atoms with Gasteiger partial charge in [-0.3, -0.25) is 4.79 Å². The fraction of sp³-hybridized carbons (Fsp3) is 0.300. The van der Waals surface area contributed by atoms with Crippen LogP contribution in [0.1, 0.15) is 5.56 Å². The Hall–Kier alpha value is -2.39. The zero-order chi connectivity index (χ0) is 20.6. The first kappa shape index (κ1) is 19.9. The molecular formula is C20H19FN2O4S2. The number of thioether (sulfide) groups is 1. The van der Waals surface area contributed by atoms with E-state index in [0.29, 0.717) is 10.9 Å². The van der Waals surface area contributed by atoms with Crippen LogP contribution in [0.4, 0.5) is 10.1 Å². The van der Waals surface area contributed by atoms with Gasteiger partial charge in [-0.05, 0) is 29.8 Å². The van der Waals surface area contributed by atoms with Gasteiger partial charge in [0.05, 0.1) is 36.8 Å². The van der Waals surface area contributed by atoms with Crippen LogP contribution in [0.5, 0.6) is 5.75 Å². The van der Waals surface area contributed by atoms with Crippen LogP contribution in [-0.4, -0.2) is 49.4 Å². The van der Waals surface area contributed by atoms with Gasteiger partial charge in [0.25, 0.3) is 5.91 Å². The molecular weight excluding hydrogens is 415 g/mol. The lowest BCUT2D eigenvalue weighted by molar-refractivity contribution is -0.117. The lowest BCUT2D eigenvalue weighted by Crippen LogP contribution is -2.38. The lowest BCUT2D eigenvalue weighted by atomic mass is 10.1. The van der Waals surface area contributed by atoms with Crippen molar-refractivity contribution >= 4 is 38.4 Å². The third kappa shape index (κ3) is 4.16. The minimum absolute atomic E-state index is 0.00102. The predicted molar refractivity (Wildman–Crippen MR) is 112 cm³/mol. The van der Waals surface area contributed by atoms with E-state index in [1.807, 2.05) is 0 Å². The predicted octanol–water partition coefficient (Wildman–Crippen LogP) is 2.68. The number of nitrogens with zero attached hydrogens (tertiary/aromatic N) is 2. The van der Waals surface area contributed by atoms with Crippen molar-refractivity contribution in [1.29, 1.82) is 0 Å². The number of amidine groups is 1. The molecule has 2 aromatic carbocycles. The summed E-state index contributed by atoms with van der Waals surface area (Å²) < 4.78 is 43.7. The maximum atomic E-state index is 14.5. The van der Waals surface area contributed by atoms with Crippen molar-refractivity contribution in [3.63, 3.8) is 0 Å². The van der Waals surface area contributed by atoms with Gasteiger partial charge in [-0.1, -0.05) is 36.0 Å². The highest BCUT2D eigenvalue weighted by Crippen LogP contribution is 2.41. The molecule has 9 heteroatoms. The summed E-state index contributed by atoms with van der Waals surface area (Å²) in [4.78, 5) is 18.3. The molecule has 0 bridgehead atoms. The Labute approximate surface area is 172 Å². The van der Waals surface area contributed by atoms with Crippen molar-refractivity contribution in [1.82, 2.24) is 0 Å². The Balaban J connectivity index is 1.62. The van der Waals surface area contributed by atoms with Crippen molar-refractivity contribution in [3.8, 4) is 5.75 Å². The van der Waals surface area contributed by atoms with Gasteiger partial charge in [-0.2, -0.15) is 4.99 Å². The number of ether oxygens (including phenoxy) is 1. The number of hydrogen-bond acceptors (Lipinski definition) is 5. The van der Waals surface area contributed by atoms with Gasteiger partial charge < -0.3 is 9.64 Å². The van der Waals surface area contributed by atoms with Crippen molar-refractivity contribution < 1.29 is 22.3 Å². The smallest absolute Gasteiger partial charge is 0.252 e. The van der Waals surface area contributed by atoms with Gasteiger partial charge >= 0.3 is 0 Å². The molecule has 6 nitrogen and oxygen atoms in total.